The van der Waals surface area contributed by atoms with E-state index in [0.29, 0.717) is 17.9 Å². The highest BCUT2D eigenvalue weighted by molar-refractivity contribution is 9.10. The second-order valence-electron chi connectivity index (χ2n) is 6.89. The lowest BCUT2D eigenvalue weighted by Crippen LogP contribution is -2.12. The van der Waals surface area contributed by atoms with Gasteiger partial charge in [0.05, 0.1) is 18.1 Å². The number of benzene rings is 3. The molecular weight excluding hydrogens is 538 g/mol. The minimum Gasteiger partial charge on any atom is -0.489 e. The quantitative estimate of drug-likeness (QED) is 0.277. The molecule has 0 atom stereocenters. The van der Waals surface area contributed by atoms with Gasteiger partial charge in [0.15, 0.2) is 6.73 Å². The fourth-order valence-corrected chi connectivity index (χ4v) is 3.40. The van der Waals surface area contributed by atoms with E-state index in [9.17, 15) is 4.79 Å². The molecule has 4 rings (SSSR count). The van der Waals surface area contributed by atoms with Crippen molar-refractivity contribution in [2.24, 2.45) is 0 Å². The van der Waals surface area contributed by atoms with Crippen molar-refractivity contribution in [1.82, 2.24) is 9.78 Å². The first-order chi connectivity index (χ1) is 15.5. The Kier molecular flexibility index (Phi) is 7.24. The lowest BCUT2D eigenvalue weighted by molar-refractivity contribution is 0.102. The molecule has 4 aromatic rings. The molecule has 1 aromatic heterocycles. The van der Waals surface area contributed by atoms with Crippen LogP contribution in [0.25, 0.3) is 0 Å². The van der Waals surface area contributed by atoms with Crippen molar-refractivity contribution in [2.75, 3.05) is 5.32 Å². The van der Waals surface area contributed by atoms with Gasteiger partial charge in [-0.15, -0.1) is 0 Å². The Bertz CT molecular complexity index is 1190. The second kappa shape index (κ2) is 10.5. The van der Waals surface area contributed by atoms with Gasteiger partial charge in [-0.1, -0.05) is 44.0 Å². The molecule has 1 N–H and O–H groups in total. The van der Waals surface area contributed by atoms with E-state index in [1.54, 1.807) is 23.1 Å². The van der Waals surface area contributed by atoms with Crippen molar-refractivity contribution in [3.8, 4) is 11.5 Å². The summed E-state index contributed by atoms with van der Waals surface area (Å²) in [5, 5.41) is 7.09. The number of halogens is 2. The predicted octanol–water partition coefficient (Wildman–Crippen LogP) is 6.28. The van der Waals surface area contributed by atoms with Gasteiger partial charge in [-0.05, 0) is 66.2 Å². The number of ether oxygens (including phenoxy) is 2. The highest BCUT2D eigenvalue weighted by Crippen LogP contribution is 2.19. The third kappa shape index (κ3) is 6.21. The fourth-order valence-electron chi connectivity index (χ4n) is 2.87. The molecule has 8 heteroatoms. The Morgan fingerprint density at radius 3 is 2.25 bits per heavy atom. The third-order valence-electron chi connectivity index (χ3n) is 4.48. The molecule has 1 amide bonds. The predicted molar refractivity (Wildman–Crippen MR) is 130 cm³/mol. The van der Waals surface area contributed by atoms with E-state index in [1.165, 1.54) is 0 Å². The molecule has 3 aromatic carbocycles. The Morgan fingerprint density at radius 1 is 0.906 bits per heavy atom. The van der Waals surface area contributed by atoms with E-state index >= 15 is 0 Å². The van der Waals surface area contributed by atoms with Crippen LogP contribution in [0.2, 0.25) is 0 Å². The molecule has 6 nitrogen and oxygen atoms in total. The van der Waals surface area contributed by atoms with Crippen LogP contribution in [0.4, 0.5) is 5.69 Å². The van der Waals surface area contributed by atoms with Crippen molar-refractivity contribution in [1.29, 1.82) is 0 Å². The first kappa shape index (κ1) is 22.1. The topological polar surface area (TPSA) is 65.4 Å². The second-order valence-corrected chi connectivity index (χ2v) is 8.72. The van der Waals surface area contributed by atoms with Gasteiger partial charge in [0.25, 0.3) is 5.91 Å². The van der Waals surface area contributed by atoms with Gasteiger partial charge in [0, 0.05) is 14.5 Å². The average Bonchev–Trinajstić information content (AvgIpc) is 3.26. The van der Waals surface area contributed by atoms with Crippen molar-refractivity contribution < 1.29 is 14.3 Å². The van der Waals surface area contributed by atoms with Gasteiger partial charge in [0.1, 0.15) is 18.1 Å². The number of nitrogens with one attached hydrogen (secondary N) is 1. The van der Waals surface area contributed by atoms with Crippen molar-refractivity contribution >= 4 is 43.5 Å². The molecule has 1 heterocycles. The number of hydrogen-bond donors (Lipinski definition) is 1. The first-order valence-corrected chi connectivity index (χ1v) is 11.3. The summed E-state index contributed by atoms with van der Waals surface area (Å²) in [6.45, 7) is 0.606. The van der Waals surface area contributed by atoms with Crippen LogP contribution in [0.5, 0.6) is 11.5 Å². The Hall–Kier alpha value is -3.10. The number of amides is 1. The normalized spacial score (nSPS) is 10.6. The summed E-state index contributed by atoms with van der Waals surface area (Å²) in [7, 11) is 0. The van der Waals surface area contributed by atoms with Crippen molar-refractivity contribution in [2.45, 2.75) is 13.3 Å². The molecule has 0 bridgehead atoms. The Morgan fingerprint density at radius 2 is 1.56 bits per heavy atom. The summed E-state index contributed by atoms with van der Waals surface area (Å²) >= 11 is 6.79. The molecule has 0 fully saturated rings. The maximum absolute atomic E-state index is 12.7. The molecule has 162 valence electrons. The number of rotatable bonds is 8. The Labute approximate surface area is 202 Å². The van der Waals surface area contributed by atoms with Gasteiger partial charge in [-0.25, -0.2) is 4.68 Å². The molecule has 0 saturated heterocycles. The summed E-state index contributed by atoms with van der Waals surface area (Å²) in [6, 6.07) is 22.5. The van der Waals surface area contributed by atoms with Crippen LogP contribution in [0.15, 0.2) is 94.1 Å². The molecule has 32 heavy (non-hydrogen) atoms. The lowest BCUT2D eigenvalue weighted by Gasteiger charge is -2.08. The smallest absolute Gasteiger partial charge is 0.255 e. The maximum Gasteiger partial charge on any atom is 0.255 e. The zero-order valence-electron chi connectivity index (χ0n) is 16.9. The fraction of sp³-hybridized carbons (Fsp3) is 0.0833. The van der Waals surface area contributed by atoms with Crippen LogP contribution in [0.3, 0.4) is 0 Å². The molecule has 0 aliphatic carbocycles. The van der Waals surface area contributed by atoms with E-state index in [-0.39, 0.29) is 12.6 Å². The van der Waals surface area contributed by atoms with Crippen LogP contribution in [-0.2, 0) is 13.3 Å². The van der Waals surface area contributed by atoms with Crippen LogP contribution in [-0.4, -0.2) is 15.7 Å². The van der Waals surface area contributed by atoms with Crippen LogP contribution < -0.4 is 14.8 Å². The lowest BCUT2D eigenvalue weighted by atomic mass is 10.1. The maximum atomic E-state index is 12.7. The van der Waals surface area contributed by atoms with E-state index in [1.807, 2.05) is 66.7 Å². The number of aromatic nitrogens is 2. The summed E-state index contributed by atoms with van der Waals surface area (Å²) in [6.07, 6.45) is 3.31. The van der Waals surface area contributed by atoms with Crippen LogP contribution >= 0.6 is 31.9 Å². The van der Waals surface area contributed by atoms with Crippen LogP contribution in [0.1, 0.15) is 15.9 Å². The highest BCUT2D eigenvalue weighted by atomic mass is 79.9. The molecule has 0 spiro atoms. The van der Waals surface area contributed by atoms with Crippen molar-refractivity contribution in [3.05, 3.63) is 105 Å². The number of nitrogens with zero attached hydrogens (tertiary/aromatic N) is 2. The number of hydrogen-bond acceptors (Lipinski definition) is 4. The SMILES string of the molecule is O=C(Nc1cnn(COc2ccc(Br)cc2)c1)c1cccc(COc2ccc(Br)cc2)c1. The Balaban J connectivity index is 1.32. The molecule has 0 unspecified atom stereocenters. The van der Waals surface area contributed by atoms with E-state index in [2.05, 4.69) is 42.3 Å². The number of carbonyl (C=O) groups is 1. The summed E-state index contributed by atoms with van der Waals surface area (Å²) < 4.78 is 15.1. The number of carbonyl (C=O) groups excluding carboxylic acids is 1. The van der Waals surface area contributed by atoms with Gasteiger partial charge in [-0.3, -0.25) is 4.79 Å². The van der Waals surface area contributed by atoms with E-state index in [0.717, 1.165) is 26.0 Å². The van der Waals surface area contributed by atoms with Gasteiger partial charge in [-0.2, -0.15) is 5.10 Å². The number of anilines is 1. The summed E-state index contributed by atoms with van der Waals surface area (Å²) in [5.41, 5.74) is 2.03. The third-order valence-corrected chi connectivity index (χ3v) is 5.53. The monoisotopic (exact) mass is 555 g/mol. The van der Waals surface area contributed by atoms with Crippen LogP contribution in [0, 0.1) is 0 Å². The minimum atomic E-state index is -0.219. The minimum absolute atomic E-state index is 0.219. The molecule has 0 radical (unpaired) electrons. The highest BCUT2D eigenvalue weighted by Gasteiger charge is 2.09. The summed E-state index contributed by atoms with van der Waals surface area (Å²) in [5.74, 6) is 1.28. The molecule has 0 aliphatic rings. The average molecular weight is 557 g/mol. The van der Waals surface area contributed by atoms with Gasteiger partial charge >= 0.3 is 0 Å². The molecule has 0 aliphatic heterocycles. The largest absolute Gasteiger partial charge is 0.489 e. The van der Waals surface area contributed by atoms with Gasteiger partial charge in [0.2, 0.25) is 0 Å². The zero-order valence-corrected chi connectivity index (χ0v) is 20.0. The summed E-state index contributed by atoms with van der Waals surface area (Å²) in [4.78, 5) is 12.7. The zero-order chi connectivity index (χ0) is 22.3. The van der Waals surface area contributed by atoms with Crippen molar-refractivity contribution in [3.63, 3.8) is 0 Å². The molecular formula is C24H19Br2N3O3. The van der Waals surface area contributed by atoms with Gasteiger partial charge < -0.3 is 14.8 Å². The van der Waals surface area contributed by atoms with E-state index in [4.69, 9.17) is 9.47 Å². The van der Waals surface area contributed by atoms with E-state index < -0.39 is 0 Å². The molecule has 0 saturated carbocycles. The first-order valence-electron chi connectivity index (χ1n) is 9.75. The standard InChI is InChI=1S/C24H19Br2N3O3/c25-19-4-8-22(9-5-19)31-15-17-2-1-3-18(12-17)24(30)28-21-13-27-29(14-21)16-32-23-10-6-20(26)7-11-23/h1-14H,15-16H2,(H,28,30).